The van der Waals surface area contributed by atoms with Gasteiger partial charge in [0.05, 0.1) is 18.1 Å². The van der Waals surface area contributed by atoms with Gasteiger partial charge >= 0.3 is 0 Å². The average Bonchev–Trinajstić information content (AvgIpc) is 2.97. The van der Waals surface area contributed by atoms with E-state index in [1.165, 1.54) is 0 Å². The molecular formula is C14H18N2O3S. The van der Waals surface area contributed by atoms with E-state index in [2.05, 4.69) is 9.93 Å². The predicted molar refractivity (Wildman–Crippen MR) is 76.0 cm³/mol. The van der Waals surface area contributed by atoms with Gasteiger partial charge in [0.1, 0.15) is 0 Å². The van der Waals surface area contributed by atoms with Crippen molar-refractivity contribution in [1.29, 1.82) is 0 Å². The van der Waals surface area contributed by atoms with E-state index < -0.39 is 10.0 Å². The Morgan fingerprint density at radius 2 is 1.75 bits per heavy atom. The van der Waals surface area contributed by atoms with Gasteiger partial charge in [-0.25, -0.2) is 4.83 Å². The Balaban J connectivity index is 1.70. The van der Waals surface area contributed by atoms with Crippen molar-refractivity contribution in [2.45, 2.75) is 24.7 Å². The van der Waals surface area contributed by atoms with Crippen LogP contribution in [0, 0.1) is 18.8 Å². The highest BCUT2D eigenvalue weighted by Gasteiger charge is 2.36. The zero-order valence-corrected chi connectivity index (χ0v) is 12.2. The van der Waals surface area contributed by atoms with Crippen LogP contribution in [0.25, 0.3) is 0 Å². The number of fused-ring (bicyclic) bond motifs is 1. The second-order valence-corrected chi connectivity index (χ2v) is 7.21. The molecule has 1 saturated carbocycles. The average molecular weight is 294 g/mol. The van der Waals surface area contributed by atoms with Crippen molar-refractivity contribution >= 4 is 15.7 Å². The molecule has 1 heterocycles. The SMILES string of the molecule is Cc1ccc(S(=O)(=O)NN=C2CC3COCC3C2)cc1. The highest BCUT2D eigenvalue weighted by atomic mass is 32.2. The fourth-order valence-electron chi connectivity index (χ4n) is 2.77. The first-order valence-electron chi connectivity index (χ1n) is 6.76. The quantitative estimate of drug-likeness (QED) is 0.863. The molecule has 0 spiro atoms. The number of nitrogens with zero attached hydrogens (tertiary/aromatic N) is 1. The Labute approximate surface area is 119 Å². The number of hydrogen-bond donors (Lipinski definition) is 1. The number of hydrazone groups is 1. The summed E-state index contributed by atoms with van der Waals surface area (Å²) in [6.45, 7) is 3.46. The fourth-order valence-corrected chi connectivity index (χ4v) is 3.62. The van der Waals surface area contributed by atoms with Crippen LogP contribution in [0.4, 0.5) is 0 Å². The molecule has 2 unspecified atom stereocenters. The van der Waals surface area contributed by atoms with Gasteiger partial charge in [-0.05, 0) is 43.7 Å². The van der Waals surface area contributed by atoms with Gasteiger partial charge in [0.25, 0.3) is 10.0 Å². The molecule has 20 heavy (non-hydrogen) atoms. The first-order valence-corrected chi connectivity index (χ1v) is 8.24. The van der Waals surface area contributed by atoms with Crippen LogP contribution >= 0.6 is 0 Å². The predicted octanol–water partition coefficient (Wildman–Crippen LogP) is 1.69. The molecule has 1 aliphatic heterocycles. The van der Waals surface area contributed by atoms with Crippen molar-refractivity contribution in [2.75, 3.05) is 13.2 Å². The standard InChI is InChI=1S/C14H18N2O3S/c1-10-2-4-14(5-3-10)20(17,18)16-15-13-6-11-8-19-9-12(11)7-13/h2-5,11-12,16H,6-9H2,1H3. The minimum atomic E-state index is -3.56. The summed E-state index contributed by atoms with van der Waals surface area (Å²) < 4.78 is 29.6. The Morgan fingerprint density at radius 3 is 2.35 bits per heavy atom. The molecule has 108 valence electrons. The van der Waals surface area contributed by atoms with Crippen LogP contribution < -0.4 is 4.83 Å². The highest BCUT2D eigenvalue weighted by molar-refractivity contribution is 7.89. The molecule has 2 aliphatic rings. The maximum atomic E-state index is 12.1. The van der Waals surface area contributed by atoms with Gasteiger partial charge in [-0.2, -0.15) is 13.5 Å². The molecule has 5 nitrogen and oxygen atoms in total. The van der Waals surface area contributed by atoms with Gasteiger partial charge < -0.3 is 4.74 Å². The first-order chi connectivity index (χ1) is 9.54. The number of ether oxygens (including phenoxy) is 1. The topological polar surface area (TPSA) is 67.8 Å². The molecule has 1 aromatic carbocycles. The molecule has 0 aromatic heterocycles. The van der Waals surface area contributed by atoms with Crippen molar-refractivity contribution in [3.05, 3.63) is 29.8 Å². The molecule has 0 bridgehead atoms. The second kappa shape index (κ2) is 5.18. The van der Waals surface area contributed by atoms with E-state index >= 15 is 0 Å². The minimum Gasteiger partial charge on any atom is -0.381 e. The van der Waals surface area contributed by atoms with E-state index in [1.807, 2.05) is 6.92 Å². The van der Waals surface area contributed by atoms with Gasteiger partial charge in [-0.3, -0.25) is 0 Å². The van der Waals surface area contributed by atoms with E-state index in [0.29, 0.717) is 11.8 Å². The van der Waals surface area contributed by atoms with Crippen molar-refractivity contribution in [2.24, 2.45) is 16.9 Å². The maximum absolute atomic E-state index is 12.1. The summed E-state index contributed by atoms with van der Waals surface area (Å²) in [5.41, 5.74) is 1.96. The summed E-state index contributed by atoms with van der Waals surface area (Å²) in [6.07, 6.45) is 1.67. The Kier molecular flexibility index (Phi) is 3.52. The van der Waals surface area contributed by atoms with Crippen molar-refractivity contribution in [3.63, 3.8) is 0 Å². The van der Waals surface area contributed by atoms with Crippen molar-refractivity contribution < 1.29 is 13.2 Å². The van der Waals surface area contributed by atoms with E-state index in [4.69, 9.17) is 4.74 Å². The lowest BCUT2D eigenvalue weighted by molar-refractivity contribution is 0.179. The summed E-state index contributed by atoms with van der Waals surface area (Å²) in [6, 6.07) is 6.74. The molecule has 6 heteroatoms. The van der Waals surface area contributed by atoms with Crippen LogP contribution in [0.2, 0.25) is 0 Å². The molecule has 1 aromatic rings. The Hall–Kier alpha value is -1.40. The monoisotopic (exact) mass is 294 g/mol. The number of benzene rings is 1. The third-order valence-electron chi connectivity index (χ3n) is 3.98. The van der Waals surface area contributed by atoms with Crippen molar-refractivity contribution in [1.82, 2.24) is 4.83 Å². The summed E-state index contributed by atoms with van der Waals surface area (Å²) in [5.74, 6) is 1.02. The van der Waals surface area contributed by atoms with Gasteiger partial charge in [-0.15, -0.1) is 0 Å². The Morgan fingerprint density at radius 1 is 1.15 bits per heavy atom. The second-order valence-electron chi connectivity index (χ2n) is 5.55. The number of hydrogen-bond acceptors (Lipinski definition) is 4. The molecule has 1 N–H and O–H groups in total. The lowest BCUT2D eigenvalue weighted by Gasteiger charge is -2.05. The molecule has 0 amide bonds. The molecule has 2 fully saturated rings. The number of aryl methyl sites for hydroxylation is 1. The maximum Gasteiger partial charge on any atom is 0.276 e. The highest BCUT2D eigenvalue weighted by Crippen LogP contribution is 2.34. The van der Waals surface area contributed by atoms with Crippen LogP contribution in [0.1, 0.15) is 18.4 Å². The zero-order valence-electron chi connectivity index (χ0n) is 11.4. The normalized spacial score (nSPS) is 25.6. The molecule has 3 rings (SSSR count). The fraction of sp³-hybridized carbons (Fsp3) is 0.500. The van der Waals surface area contributed by atoms with Crippen LogP contribution in [-0.4, -0.2) is 27.3 Å². The van der Waals surface area contributed by atoms with Gasteiger partial charge in [0.15, 0.2) is 0 Å². The van der Waals surface area contributed by atoms with Crippen LogP contribution in [-0.2, 0) is 14.8 Å². The van der Waals surface area contributed by atoms with Crippen LogP contribution in [0.15, 0.2) is 34.3 Å². The molecule has 1 saturated heterocycles. The third-order valence-corrected chi connectivity index (χ3v) is 5.21. The van der Waals surface area contributed by atoms with E-state index in [0.717, 1.165) is 37.3 Å². The van der Waals surface area contributed by atoms with Gasteiger partial charge in [0, 0.05) is 5.71 Å². The number of rotatable bonds is 3. The first kappa shape index (κ1) is 13.6. The summed E-state index contributed by atoms with van der Waals surface area (Å²) >= 11 is 0. The van der Waals surface area contributed by atoms with E-state index in [-0.39, 0.29) is 4.90 Å². The van der Waals surface area contributed by atoms with Crippen LogP contribution in [0.5, 0.6) is 0 Å². The minimum absolute atomic E-state index is 0.244. The summed E-state index contributed by atoms with van der Waals surface area (Å²) in [7, 11) is -3.56. The Bertz CT molecular complexity index is 608. The zero-order chi connectivity index (χ0) is 14.2. The molecule has 1 aliphatic carbocycles. The lowest BCUT2D eigenvalue weighted by atomic mass is 10.0. The molecule has 2 atom stereocenters. The molecular weight excluding hydrogens is 276 g/mol. The molecule has 0 radical (unpaired) electrons. The number of sulfonamides is 1. The smallest absolute Gasteiger partial charge is 0.276 e. The van der Waals surface area contributed by atoms with Gasteiger partial charge in [0.2, 0.25) is 0 Å². The summed E-state index contributed by atoms with van der Waals surface area (Å²) in [4.78, 5) is 2.59. The summed E-state index contributed by atoms with van der Waals surface area (Å²) in [5, 5.41) is 4.10. The van der Waals surface area contributed by atoms with E-state index in [1.54, 1.807) is 24.3 Å². The van der Waals surface area contributed by atoms with Crippen molar-refractivity contribution in [3.8, 4) is 0 Å². The number of nitrogens with one attached hydrogen (secondary N) is 1. The van der Waals surface area contributed by atoms with E-state index in [9.17, 15) is 8.42 Å². The lowest BCUT2D eigenvalue weighted by Crippen LogP contribution is -2.20. The van der Waals surface area contributed by atoms with Crippen LogP contribution in [0.3, 0.4) is 0 Å². The van der Waals surface area contributed by atoms with Gasteiger partial charge in [-0.1, -0.05) is 17.7 Å². The largest absolute Gasteiger partial charge is 0.381 e. The third kappa shape index (κ3) is 2.71.